The lowest BCUT2D eigenvalue weighted by molar-refractivity contribution is -0.138. The van der Waals surface area contributed by atoms with Crippen LogP contribution in [-0.4, -0.2) is 40.6 Å². The number of nitrogens with zero attached hydrogens (tertiary/aromatic N) is 2. The summed E-state index contributed by atoms with van der Waals surface area (Å²) in [6.07, 6.45) is 4.44. The molecule has 0 spiro atoms. The second-order valence-electron chi connectivity index (χ2n) is 5.58. The summed E-state index contributed by atoms with van der Waals surface area (Å²) in [5, 5.41) is 0. The molecule has 2 heterocycles. The van der Waals surface area contributed by atoms with E-state index in [1.54, 1.807) is 11.9 Å². The lowest BCUT2D eigenvalue weighted by Gasteiger charge is -2.17. The zero-order valence-corrected chi connectivity index (χ0v) is 13.2. The molecule has 2 rings (SSSR count). The van der Waals surface area contributed by atoms with Crippen molar-refractivity contribution in [3.8, 4) is 0 Å². The van der Waals surface area contributed by atoms with Gasteiger partial charge < -0.3 is 4.90 Å². The molecular weight excluding hydrogens is 268 g/mol. The maximum Gasteiger partial charge on any atom is 0.254 e. The molecule has 0 fully saturated rings. The van der Waals surface area contributed by atoms with Gasteiger partial charge >= 0.3 is 0 Å². The Labute approximate surface area is 125 Å². The summed E-state index contributed by atoms with van der Waals surface area (Å²) >= 11 is 0. The highest BCUT2D eigenvalue weighted by Gasteiger charge is 2.25. The number of amides is 3. The third kappa shape index (κ3) is 3.68. The molecule has 0 aromatic heterocycles. The van der Waals surface area contributed by atoms with Crippen LogP contribution in [0.3, 0.4) is 0 Å². The molecule has 0 aromatic carbocycles. The molecule has 0 unspecified atom stereocenters. The maximum atomic E-state index is 11.4. The largest absolute Gasteiger partial charge is 0.312 e. The molecule has 0 radical (unpaired) electrons. The van der Waals surface area contributed by atoms with E-state index in [-0.39, 0.29) is 23.8 Å². The molecule has 0 N–H and O–H groups in total. The number of hydrogen-bond donors (Lipinski definition) is 0. The second-order valence-corrected chi connectivity index (χ2v) is 5.58. The Balaban J connectivity index is 0.000000211. The normalized spacial score (nSPS) is 18.0. The van der Waals surface area contributed by atoms with E-state index in [1.165, 1.54) is 17.1 Å². The maximum absolute atomic E-state index is 11.4. The SMILES string of the molecule is C=C1C=C(C(C)C)C(=O)N1C.CC(C)N1C(=O)C=CC1=O. The van der Waals surface area contributed by atoms with E-state index in [1.807, 2.05) is 33.8 Å². The van der Waals surface area contributed by atoms with E-state index in [2.05, 4.69) is 6.58 Å². The highest BCUT2D eigenvalue weighted by molar-refractivity contribution is 6.13. The van der Waals surface area contributed by atoms with Crippen LogP contribution in [0, 0.1) is 5.92 Å². The van der Waals surface area contributed by atoms with Gasteiger partial charge in [-0.05, 0) is 25.8 Å². The van der Waals surface area contributed by atoms with E-state index in [4.69, 9.17) is 0 Å². The summed E-state index contributed by atoms with van der Waals surface area (Å²) in [5.41, 5.74) is 1.65. The number of carbonyl (C=O) groups excluding carboxylic acids is 3. The summed E-state index contributed by atoms with van der Waals surface area (Å²) < 4.78 is 0. The van der Waals surface area contributed by atoms with Gasteiger partial charge in [-0.25, -0.2) is 0 Å². The first-order valence-electron chi connectivity index (χ1n) is 6.90. The molecule has 2 aliphatic heterocycles. The summed E-state index contributed by atoms with van der Waals surface area (Å²) in [6, 6.07) is -0.0324. The second kappa shape index (κ2) is 6.52. The zero-order chi connectivity index (χ0) is 16.3. The molecule has 2 aliphatic rings. The molecular formula is C16H22N2O3. The van der Waals surface area contributed by atoms with Crippen molar-refractivity contribution in [1.82, 2.24) is 9.80 Å². The van der Waals surface area contributed by atoms with Crippen LogP contribution >= 0.6 is 0 Å². The van der Waals surface area contributed by atoms with Crippen molar-refractivity contribution in [2.75, 3.05) is 7.05 Å². The highest BCUT2D eigenvalue weighted by atomic mass is 16.2. The van der Waals surface area contributed by atoms with Gasteiger partial charge in [0, 0.05) is 36.5 Å². The first-order chi connectivity index (χ1) is 9.66. The highest BCUT2D eigenvalue weighted by Crippen LogP contribution is 2.23. The lowest BCUT2D eigenvalue weighted by atomic mass is 10.0. The van der Waals surface area contributed by atoms with E-state index >= 15 is 0 Å². The van der Waals surface area contributed by atoms with Crippen LogP contribution in [0.5, 0.6) is 0 Å². The average molecular weight is 290 g/mol. The van der Waals surface area contributed by atoms with E-state index in [0.717, 1.165) is 11.3 Å². The van der Waals surface area contributed by atoms with Gasteiger partial charge in [0.1, 0.15) is 0 Å². The first-order valence-corrected chi connectivity index (χ1v) is 6.90. The van der Waals surface area contributed by atoms with Crippen LogP contribution in [0.1, 0.15) is 27.7 Å². The summed E-state index contributed by atoms with van der Waals surface area (Å²) in [6.45, 7) is 11.4. The fourth-order valence-corrected chi connectivity index (χ4v) is 2.00. The predicted molar refractivity (Wildman–Crippen MR) is 81.0 cm³/mol. The smallest absolute Gasteiger partial charge is 0.254 e. The molecule has 0 atom stereocenters. The zero-order valence-electron chi connectivity index (χ0n) is 13.2. The summed E-state index contributed by atoms with van der Waals surface area (Å²) in [4.78, 5) is 35.8. The summed E-state index contributed by atoms with van der Waals surface area (Å²) in [5.74, 6) is -0.0331. The van der Waals surface area contributed by atoms with Crippen LogP contribution in [-0.2, 0) is 14.4 Å². The lowest BCUT2D eigenvalue weighted by Crippen LogP contribution is -2.36. The minimum absolute atomic E-state index is 0.0324. The molecule has 0 aliphatic carbocycles. The van der Waals surface area contributed by atoms with Crippen LogP contribution < -0.4 is 0 Å². The van der Waals surface area contributed by atoms with E-state index < -0.39 is 0 Å². The Morgan fingerprint density at radius 3 is 1.67 bits per heavy atom. The van der Waals surface area contributed by atoms with E-state index in [9.17, 15) is 14.4 Å². The topological polar surface area (TPSA) is 57.7 Å². The van der Waals surface area contributed by atoms with Crippen LogP contribution in [0.15, 0.2) is 36.1 Å². The van der Waals surface area contributed by atoms with Crippen molar-refractivity contribution in [3.05, 3.63) is 36.1 Å². The van der Waals surface area contributed by atoms with E-state index in [0.29, 0.717) is 5.92 Å². The van der Waals surface area contributed by atoms with Gasteiger partial charge in [-0.2, -0.15) is 0 Å². The van der Waals surface area contributed by atoms with Gasteiger partial charge in [-0.3, -0.25) is 19.3 Å². The molecule has 114 valence electrons. The Hall–Kier alpha value is -2.17. The van der Waals surface area contributed by atoms with Crippen LogP contribution in [0.2, 0.25) is 0 Å². The fraction of sp³-hybridized carbons (Fsp3) is 0.438. The van der Waals surface area contributed by atoms with Crippen molar-refractivity contribution in [2.45, 2.75) is 33.7 Å². The first kappa shape index (κ1) is 16.9. The standard InChI is InChI=1S/C9H13NO.C7H9NO2/c1-6(2)8-5-7(3)10(4)9(8)11;1-5(2)8-6(9)3-4-7(8)10/h5-6H,3H2,1-2,4H3;3-5H,1-2H3. The summed E-state index contributed by atoms with van der Waals surface area (Å²) in [7, 11) is 1.75. The molecule has 5 heteroatoms. The van der Waals surface area contributed by atoms with Gasteiger partial charge in [0.15, 0.2) is 0 Å². The van der Waals surface area contributed by atoms with Gasteiger partial charge in [0.2, 0.25) is 0 Å². The monoisotopic (exact) mass is 290 g/mol. The number of imide groups is 1. The van der Waals surface area contributed by atoms with Crippen molar-refractivity contribution < 1.29 is 14.4 Å². The molecule has 0 bridgehead atoms. The number of likely N-dealkylation sites (N-methyl/N-ethyl adjacent to an activating group) is 1. The average Bonchev–Trinajstić information content (AvgIpc) is 2.85. The quantitative estimate of drug-likeness (QED) is 0.730. The minimum Gasteiger partial charge on any atom is -0.312 e. The van der Waals surface area contributed by atoms with Crippen LogP contribution in [0.4, 0.5) is 0 Å². The molecule has 3 amide bonds. The molecule has 0 saturated heterocycles. The van der Waals surface area contributed by atoms with Crippen molar-refractivity contribution in [2.24, 2.45) is 5.92 Å². The molecule has 21 heavy (non-hydrogen) atoms. The van der Waals surface area contributed by atoms with Gasteiger partial charge in [0.25, 0.3) is 17.7 Å². The van der Waals surface area contributed by atoms with Gasteiger partial charge in [0.05, 0.1) is 0 Å². The third-order valence-corrected chi connectivity index (χ3v) is 3.29. The van der Waals surface area contributed by atoms with Crippen molar-refractivity contribution >= 4 is 17.7 Å². The Bertz CT molecular complexity index is 524. The van der Waals surface area contributed by atoms with Crippen LogP contribution in [0.25, 0.3) is 0 Å². The number of carbonyl (C=O) groups is 3. The van der Waals surface area contributed by atoms with Crippen molar-refractivity contribution in [3.63, 3.8) is 0 Å². The molecule has 5 nitrogen and oxygen atoms in total. The number of rotatable bonds is 2. The number of allylic oxidation sites excluding steroid dienone is 1. The fourth-order valence-electron chi connectivity index (χ4n) is 2.00. The predicted octanol–water partition coefficient (Wildman–Crippen LogP) is 1.87. The minimum atomic E-state index is -0.208. The Morgan fingerprint density at radius 1 is 1.00 bits per heavy atom. The third-order valence-electron chi connectivity index (χ3n) is 3.29. The Morgan fingerprint density at radius 2 is 1.48 bits per heavy atom. The van der Waals surface area contributed by atoms with Crippen molar-refractivity contribution in [1.29, 1.82) is 0 Å². The van der Waals surface area contributed by atoms with Gasteiger partial charge in [-0.15, -0.1) is 0 Å². The Kier molecular flexibility index (Phi) is 5.24. The van der Waals surface area contributed by atoms with Gasteiger partial charge in [-0.1, -0.05) is 20.4 Å². The molecule has 0 aromatic rings. The number of hydrogen-bond acceptors (Lipinski definition) is 3. The molecule has 0 saturated carbocycles.